The summed E-state index contributed by atoms with van der Waals surface area (Å²) in [6.45, 7) is 4.65. The number of thioether (sulfide) groups is 1. The highest BCUT2D eigenvalue weighted by molar-refractivity contribution is 7.98. The number of methoxy groups -OCH3 is 2. The number of phenols is 1. The Morgan fingerprint density at radius 2 is 1.09 bits per heavy atom. The highest BCUT2D eigenvalue weighted by Crippen LogP contribution is 2.40. The standard InChI is InChI=1S/C23H27ClN4O4S2.C21H23ClN4O4S/c1-31-22-13-21(32-15-33-2)18(12-19(22)24)20-14-27-6-5-16(11-23(27)25-20)26-7-9-28(10-8-26)34(29,30)17-3-4-17;1-30-20-12-19(27)16(11-17(20)22)18-13-25-5-4-14(10-21(25)23-18)24-6-8-26(9-7-24)31(28,29)15-2-3-15/h5-6,11-14,17H,3-4,7-10,15H2,1-2H3;4-5,10-13,15,27H,2-3,6-9H2,1H3. The first-order chi connectivity index (χ1) is 31.3. The van der Waals surface area contributed by atoms with Gasteiger partial charge in [0.05, 0.1) is 46.2 Å². The van der Waals surface area contributed by atoms with E-state index >= 15 is 0 Å². The number of anilines is 2. The molecule has 2 saturated carbocycles. The predicted octanol–water partition coefficient (Wildman–Crippen LogP) is 6.96. The number of ether oxygens (including phenoxy) is 3. The monoisotopic (exact) mass is 984 g/mol. The van der Waals surface area contributed by atoms with Crippen LogP contribution >= 0.6 is 35.0 Å². The lowest BCUT2D eigenvalue weighted by Crippen LogP contribution is -2.49. The molecule has 0 radical (unpaired) electrons. The van der Waals surface area contributed by atoms with Crippen molar-refractivity contribution in [2.24, 2.45) is 0 Å². The third-order valence-corrected chi connectivity index (χ3v) is 17.9. The Morgan fingerprint density at radius 3 is 1.54 bits per heavy atom. The minimum Gasteiger partial charge on any atom is -0.507 e. The second kappa shape index (κ2) is 18.6. The molecule has 10 rings (SSSR count). The van der Waals surface area contributed by atoms with Gasteiger partial charge in [0.15, 0.2) is 0 Å². The Bertz CT molecular complexity index is 2950. The van der Waals surface area contributed by atoms with Crippen molar-refractivity contribution < 1.29 is 36.2 Å². The van der Waals surface area contributed by atoms with Gasteiger partial charge in [-0.05, 0) is 56.2 Å². The summed E-state index contributed by atoms with van der Waals surface area (Å²) in [5.74, 6) is 2.15. The quantitative estimate of drug-likeness (QED) is 0.118. The Kier molecular flexibility index (Phi) is 13.0. The molecule has 0 unspecified atom stereocenters. The molecule has 4 aromatic heterocycles. The molecular weight excluding hydrogens is 936 g/mol. The molecule has 2 aromatic carbocycles. The number of benzene rings is 2. The highest BCUT2D eigenvalue weighted by Gasteiger charge is 2.42. The first kappa shape index (κ1) is 45.5. The molecule has 2 saturated heterocycles. The van der Waals surface area contributed by atoms with E-state index in [0.29, 0.717) is 96.8 Å². The average molecular weight is 986 g/mol. The fourth-order valence-corrected chi connectivity index (χ4v) is 12.6. The number of aromatic nitrogens is 4. The van der Waals surface area contributed by atoms with E-state index in [1.807, 2.05) is 70.2 Å². The Labute approximate surface area is 392 Å². The molecule has 4 aliphatic rings. The van der Waals surface area contributed by atoms with Crippen molar-refractivity contribution in [3.63, 3.8) is 0 Å². The van der Waals surface area contributed by atoms with Crippen molar-refractivity contribution in [3.8, 4) is 45.5 Å². The Hall–Kier alpha value is -4.63. The van der Waals surface area contributed by atoms with Crippen LogP contribution in [0.4, 0.5) is 11.4 Å². The summed E-state index contributed by atoms with van der Waals surface area (Å²) in [7, 11) is -3.17. The van der Waals surface area contributed by atoms with E-state index in [0.717, 1.165) is 59.6 Å². The number of pyridine rings is 2. The largest absolute Gasteiger partial charge is 0.507 e. The van der Waals surface area contributed by atoms with Crippen LogP contribution in [0.2, 0.25) is 10.0 Å². The van der Waals surface area contributed by atoms with Gasteiger partial charge in [-0.3, -0.25) is 0 Å². The Morgan fingerprint density at radius 1 is 0.646 bits per heavy atom. The summed E-state index contributed by atoms with van der Waals surface area (Å²) < 4.78 is 73.5. The molecule has 2 aliphatic carbocycles. The van der Waals surface area contributed by atoms with Gasteiger partial charge in [0.25, 0.3) is 0 Å². The predicted molar refractivity (Wildman–Crippen MR) is 257 cm³/mol. The van der Waals surface area contributed by atoms with Gasteiger partial charge in [-0.2, -0.15) is 8.61 Å². The zero-order valence-electron chi connectivity index (χ0n) is 36.1. The van der Waals surface area contributed by atoms with Crippen LogP contribution in [-0.4, -0.2) is 139 Å². The summed E-state index contributed by atoms with van der Waals surface area (Å²) in [5, 5.41) is 10.9. The third-order valence-electron chi connectivity index (χ3n) is 12.1. The number of hydrogen-bond acceptors (Lipinski definition) is 13. The molecule has 65 heavy (non-hydrogen) atoms. The smallest absolute Gasteiger partial charge is 0.217 e. The molecule has 346 valence electrons. The van der Waals surface area contributed by atoms with Gasteiger partial charge in [0, 0.05) is 124 Å². The minimum atomic E-state index is -3.12. The number of nitrogens with zero attached hydrogens (tertiary/aromatic N) is 8. The van der Waals surface area contributed by atoms with Gasteiger partial charge in [0.1, 0.15) is 40.2 Å². The normalized spacial score (nSPS) is 17.6. The summed E-state index contributed by atoms with van der Waals surface area (Å²) in [6.07, 6.45) is 12.8. The molecular formula is C44H50Cl2N8O8S3. The molecule has 0 spiro atoms. The van der Waals surface area contributed by atoms with E-state index < -0.39 is 20.0 Å². The number of phenolic OH excluding ortho intramolecular Hbond substituents is 1. The molecule has 0 amide bonds. The first-order valence-corrected chi connectivity index (χ1v) is 26.4. The van der Waals surface area contributed by atoms with E-state index in [1.165, 1.54) is 13.2 Å². The van der Waals surface area contributed by atoms with E-state index in [1.54, 1.807) is 39.6 Å². The van der Waals surface area contributed by atoms with Gasteiger partial charge in [-0.1, -0.05) is 23.2 Å². The third kappa shape index (κ3) is 9.51. The van der Waals surface area contributed by atoms with Gasteiger partial charge in [-0.15, -0.1) is 11.8 Å². The molecule has 16 nitrogen and oxygen atoms in total. The molecule has 0 atom stereocenters. The molecule has 1 N–H and O–H groups in total. The van der Waals surface area contributed by atoms with Crippen LogP contribution in [0.3, 0.4) is 0 Å². The van der Waals surface area contributed by atoms with Crippen molar-refractivity contribution in [1.82, 2.24) is 27.4 Å². The number of sulfonamides is 2. The van der Waals surface area contributed by atoms with Crippen LogP contribution in [0, 0.1) is 0 Å². The molecule has 21 heteroatoms. The second-order valence-corrected chi connectivity index (χ2v) is 22.4. The van der Waals surface area contributed by atoms with E-state index in [4.69, 9.17) is 42.4 Å². The number of aromatic hydroxyl groups is 1. The van der Waals surface area contributed by atoms with Crippen LogP contribution in [0.25, 0.3) is 33.8 Å². The van der Waals surface area contributed by atoms with Gasteiger partial charge in [-0.25, -0.2) is 26.8 Å². The van der Waals surface area contributed by atoms with Crippen LogP contribution in [0.5, 0.6) is 23.0 Å². The number of imidazole rings is 2. The number of hydrogen-bond donors (Lipinski definition) is 1. The first-order valence-electron chi connectivity index (χ1n) is 21.3. The molecule has 6 heterocycles. The molecule has 2 aliphatic heterocycles. The maximum atomic E-state index is 12.5. The average Bonchev–Trinajstić information content (AvgIpc) is 4.27. The lowest BCUT2D eigenvalue weighted by atomic mass is 10.1. The zero-order chi connectivity index (χ0) is 45.6. The number of piperazine rings is 2. The summed E-state index contributed by atoms with van der Waals surface area (Å²) in [4.78, 5) is 13.9. The number of halogens is 2. The summed E-state index contributed by atoms with van der Waals surface area (Å²) >= 11 is 14.2. The van der Waals surface area contributed by atoms with Crippen molar-refractivity contribution in [2.75, 3.05) is 88.6 Å². The minimum absolute atomic E-state index is 0.0397. The number of fused-ring (bicyclic) bond motifs is 2. The molecule has 4 fully saturated rings. The van der Waals surface area contributed by atoms with Crippen LogP contribution in [0.1, 0.15) is 25.7 Å². The Balaban J connectivity index is 0.000000165. The molecule has 6 aromatic rings. The van der Waals surface area contributed by atoms with Crippen molar-refractivity contribution in [1.29, 1.82) is 0 Å². The van der Waals surface area contributed by atoms with E-state index in [9.17, 15) is 21.9 Å². The van der Waals surface area contributed by atoms with Gasteiger partial charge in [0.2, 0.25) is 20.0 Å². The van der Waals surface area contributed by atoms with Crippen molar-refractivity contribution in [2.45, 2.75) is 36.2 Å². The van der Waals surface area contributed by atoms with Gasteiger partial charge < -0.3 is 37.9 Å². The maximum absolute atomic E-state index is 12.5. The topological polar surface area (TPSA) is 164 Å². The van der Waals surface area contributed by atoms with E-state index in [2.05, 4.69) is 14.8 Å². The highest BCUT2D eigenvalue weighted by atomic mass is 35.5. The second-order valence-electron chi connectivity index (χ2n) is 16.4. The zero-order valence-corrected chi connectivity index (χ0v) is 40.1. The van der Waals surface area contributed by atoms with Crippen molar-refractivity contribution in [3.05, 3.63) is 83.4 Å². The molecule has 0 bridgehead atoms. The SMILES string of the molecule is COc1cc(O)c(-c2cn3ccc(N4CCN(S(=O)(=O)C5CC5)CC4)cc3n2)cc1Cl.COc1cc(OCSC)c(-c2cn3ccc(N4CCN(S(=O)(=O)C5CC5)CC4)cc3n2)cc1Cl. The number of rotatable bonds is 13. The summed E-state index contributed by atoms with van der Waals surface area (Å²) in [6, 6.07) is 14.7. The lowest BCUT2D eigenvalue weighted by Gasteiger charge is -2.35. The fourth-order valence-electron chi connectivity index (χ4n) is 8.19. The van der Waals surface area contributed by atoms with E-state index in [-0.39, 0.29) is 16.2 Å². The fraction of sp³-hybridized carbons (Fsp3) is 0.409. The van der Waals surface area contributed by atoms with Gasteiger partial charge >= 0.3 is 0 Å². The lowest BCUT2D eigenvalue weighted by molar-refractivity contribution is 0.383. The van der Waals surface area contributed by atoms with Crippen LogP contribution < -0.4 is 24.0 Å². The summed E-state index contributed by atoms with van der Waals surface area (Å²) in [5.41, 5.74) is 6.21. The maximum Gasteiger partial charge on any atom is 0.217 e. The van der Waals surface area contributed by atoms with Crippen molar-refractivity contribution >= 4 is 77.7 Å². The van der Waals surface area contributed by atoms with Crippen LogP contribution in [0.15, 0.2) is 73.3 Å². The van der Waals surface area contributed by atoms with Crippen LogP contribution in [-0.2, 0) is 20.0 Å².